The van der Waals surface area contributed by atoms with Gasteiger partial charge < -0.3 is 9.47 Å². The lowest BCUT2D eigenvalue weighted by atomic mass is 10.1. The number of methoxy groups -OCH3 is 2. The Hall–Kier alpha value is -2.04. The molecule has 0 aliphatic carbocycles. The van der Waals surface area contributed by atoms with Crippen LogP contribution in [0.25, 0.3) is 0 Å². The van der Waals surface area contributed by atoms with Crippen LogP contribution in [0.1, 0.15) is 5.56 Å². The second-order valence-electron chi connectivity index (χ2n) is 3.64. The van der Waals surface area contributed by atoms with Crippen LogP contribution in [0.15, 0.2) is 30.6 Å². The Morgan fingerprint density at radius 1 is 1.12 bits per heavy atom. The van der Waals surface area contributed by atoms with Gasteiger partial charge in [0.1, 0.15) is 11.5 Å². The zero-order valence-corrected chi connectivity index (χ0v) is 9.96. The average Bonchev–Trinajstić information content (AvgIpc) is 2.89. The smallest absolute Gasteiger partial charge is 0.122 e. The fourth-order valence-corrected chi connectivity index (χ4v) is 1.61. The van der Waals surface area contributed by atoms with Gasteiger partial charge in [0.15, 0.2) is 0 Å². The van der Waals surface area contributed by atoms with Crippen molar-refractivity contribution in [2.75, 3.05) is 14.2 Å². The summed E-state index contributed by atoms with van der Waals surface area (Å²) in [5.41, 5.74) is 1.15. The van der Waals surface area contributed by atoms with E-state index in [1.165, 1.54) is 0 Å². The summed E-state index contributed by atoms with van der Waals surface area (Å²) in [6.45, 7) is 0.788. The fourth-order valence-electron chi connectivity index (χ4n) is 1.61. The lowest BCUT2D eigenvalue weighted by molar-refractivity contribution is 0.393. The first-order chi connectivity index (χ1) is 8.31. The van der Waals surface area contributed by atoms with E-state index in [-0.39, 0.29) is 0 Å². The number of aryl methyl sites for hydroxylation is 2. The maximum absolute atomic E-state index is 5.22. The second-order valence-corrected chi connectivity index (χ2v) is 3.64. The molecule has 0 unspecified atom stereocenters. The minimum atomic E-state index is 0.788. The van der Waals surface area contributed by atoms with E-state index in [0.717, 1.165) is 30.0 Å². The van der Waals surface area contributed by atoms with E-state index in [1.54, 1.807) is 25.1 Å². The van der Waals surface area contributed by atoms with Crippen molar-refractivity contribution in [2.24, 2.45) is 0 Å². The van der Waals surface area contributed by atoms with Gasteiger partial charge in [0.25, 0.3) is 0 Å². The topological polar surface area (TPSA) is 49.2 Å². The van der Waals surface area contributed by atoms with E-state index in [1.807, 2.05) is 24.4 Å². The van der Waals surface area contributed by atoms with Crippen LogP contribution in [-0.2, 0) is 13.0 Å². The molecular weight excluding hydrogens is 218 g/mol. The van der Waals surface area contributed by atoms with Gasteiger partial charge in [-0.1, -0.05) is 5.21 Å². The first-order valence-electron chi connectivity index (χ1n) is 5.38. The minimum absolute atomic E-state index is 0.788. The Bertz CT molecular complexity index is 446. The predicted octanol–water partition coefficient (Wildman–Crippen LogP) is 1.54. The van der Waals surface area contributed by atoms with E-state index in [9.17, 15) is 0 Å². The van der Waals surface area contributed by atoms with Crippen LogP contribution >= 0.6 is 0 Å². The number of hydrogen-bond donors (Lipinski definition) is 0. The Morgan fingerprint density at radius 3 is 2.35 bits per heavy atom. The third kappa shape index (κ3) is 2.96. The summed E-state index contributed by atoms with van der Waals surface area (Å²) in [5, 5.41) is 7.69. The SMILES string of the molecule is COc1cc(CCn2ccnn2)cc(OC)c1. The zero-order valence-electron chi connectivity index (χ0n) is 9.96. The van der Waals surface area contributed by atoms with Crippen LogP contribution in [-0.4, -0.2) is 29.2 Å². The van der Waals surface area contributed by atoms with Gasteiger partial charge in [0.05, 0.1) is 20.4 Å². The summed E-state index contributed by atoms with van der Waals surface area (Å²) in [5.74, 6) is 1.61. The molecule has 2 aromatic rings. The Kier molecular flexibility index (Phi) is 3.59. The summed E-state index contributed by atoms with van der Waals surface area (Å²) >= 11 is 0. The molecule has 17 heavy (non-hydrogen) atoms. The lowest BCUT2D eigenvalue weighted by Crippen LogP contribution is -2.02. The summed E-state index contributed by atoms with van der Waals surface area (Å²) in [4.78, 5) is 0. The largest absolute Gasteiger partial charge is 0.497 e. The summed E-state index contributed by atoms with van der Waals surface area (Å²) < 4.78 is 12.2. The van der Waals surface area contributed by atoms with Crippen molar-refractivity contribution < 1.29 is 9.47 Å². The number of rotatable bonds is 5. The van der Waals surface area contributed by atoms with Crippen LogP contribution in [0.2, 0.25) is 0 Å². The Morgan fingerprint density at radius 2 is 1.82 bits per heavy atom. The molecule has 1 aromatic carbocycles. The Labute approximate surface area is 100.0 Å². The molecule has 0 spiro atoms. The molecule has 90 valence electrons. The van der Waals surface area contributed by atoms with Crippen LogP contribution < -0.4 is 9.47 Å². The van der Waals surface area contributed by atoms with E-state index in [0.29, 0.717) is 0 Å². The minimum Gasteiger partial charge on any atom is -0.497 e. The highest BCUT2D eigenvalue weighted by atomic mass is 16.5. The van der Waals surface area contributed by atoms with E-state index in [4.69, 9.17) is 9.47 Å². The van der Waals surface area contributed by atoms with Crippen molar-refractivity contribution in [2.45, 2.75) is 13.0 Å². The molecule has 5 nitrogen and oxygen atoms in total. The maximum Gasteiger partial charge on any atom is 0.122 e. The highest BCUT2D eigenvalue weighted by Gasteiger charge is 2.02. The molecule has 0 saturated heterocycles. The number of nitrogens with zero attached hydrogens (tertiary/aromatic N) is 3. The van der Waals surface area contributed by atoms with Gasteiger partial charge in [-0.15, -0.1) is 5.10 Å². The van der Waals surface area contributed by atoms with Gasteiger partial charge in [0.2, 0.25) is 0 Å². The third-order valence-electron chi connectivity index (χ3n) is 2.51. The molecule has 0 fully saturated rings. The molecule has 0 aliphatic rings. The van der Waals surface area contributed by atoms with Crippen LogP contribution in [0.5, 0.6) is 11.5 Å². The van der Waals surface area contributed by atoms with Crippen LogP contribution in [0.3, 0.4) is 0 Å². The van der Waals surface area contributed by atoms with E-state index >= 15 is 0 Å². The second kappa shape index (κ2) is 5.34. The van der Waals surface area contributed by atoms with Gasteiger partial charge >= 0.3 is 0 Å². The molecule has 0 radical (unpaired) electrons. The van der Waals surface area contributed by atoms with Crippen molar-refractivity contribution in [3.8, 4) is 11.5 Å². The molecule has 0 N–H and O–H groups in total. The third-order valence-corrected chi connectivity index (χ3v) is 2.51. The number of benzene rings is 1. The molecule has 0 saturated carbocycles. The molecule has 0 bridgehead atoms. The number of hydrogen-bond acceptors (Lipinski definition) is 4. The summed E-state index contributed by atoms with van der Waals surface area (Å²) in [6.07, 6.45) is 4.38. The maximum atomic E-state index is 5.22. The standard InChI is InChI=1S/C12H15N3O2/c1-16-11-7-10(8-12(9-11)17-2)3-5-15-6-4-13-14-15/h4,6-9H,3,5H2,1-2H3. The van der Waals surface area contributed by atoms with Gasteiger partial charge in [0, 0.05) is 18.8 Å². The highest BCUT2D eigenvalue weighted by molar-refractivity contribution is 5.38. The predicted molar refractivity (Wildman–Crippen MR) is 63.3 cm³/mol. The van der Waals surface area contributed by atoms with Gasteiger partial charge in [-0.05, 0) is 24.1 Å². The first-order valence-corrected chi connectivity index (χ1v) is 5.38. The van der Waals surface area contributed by atoms with Crippen molar-refractivity contribution in [3.05, 3.63) is 36.2 Å². The monoisotopic (exact) mass is 233 g/mol. The first kappa shape index (κ1) is 11.4. The molecule has 1 heterocycles. The van der Waals surface area contributed by atoms with Crippen molar-refractivity contribution in [3.63, 3.8) is 0 Å². The number of ether oxygens (including phenoxy) is 2. The van der Waals surface area contributed by atoms with Gasteiger partial charge in [-0.25, -0.2) is 0 Å². The van der Waals surface area contributed by atoms with Crippen molar-refractivity contribution in [1.82, 2.24) is 15.0 Å². The quantitative estimate of drug-likeness (QED) is 0.786. The molecule has 2 rings (SSSR count). The summed E-state index contributed by atoms with van der Waals surface area (Å²) in [7, 11) is 3.30. The van der Waals surface area contributed by atoms with Crippen molar-refractivity contribution >= 4 is 0 Å². The van der Waals surface area contributed by atoms with Gasteiger partial charge in [-0.2, -0.15) is 0 Å². The molecule has 0 aliphatic heterocycles. The lowest BCUT2D eigenvalue weighted by Gasteiger charge is -2.08. The van der Waals surface area contributed by atoms with Gasteiger partial charge in [-0.3, -0.25) is 4.68 Å². The van der Waals surface area contributed by atoms with Crippen LogP contribution in [0.4, 0.5) is 0 Å². The fraction of sp³-hybridized carbons (Fsp3) is 0.333. The average molecular weight is 233 g/mol. The molecular formula is C12H15N3O2. The molecule has 1 aromatic heterocycles. The highest BCUT2D eigenvalue weighted by Crippen LogP contribution is 2.22. The molecule has 5 heteroatoms. The normalized spacial score (nSPS) is 10.2. The Balaban J connectivity index is 2.09. The van der Waals surface area contributed by atoms with Crippen LogP contribution in [0, 0.1) is 0 Å². The number of aromatic nitrogens is 3. The molecule has 0 atom stereocenters. The van der Waals surface area contributed by atoms with E-state index in [2.05, 4.69) is 10.3 Å². The molecule has 0 amide bonds. The summed E-state index contributed by atoms with van der Waals surface area (Å²) in [6, 6.07) is 5.86. The van der Waals surface area contributed by atoms with Crippen molar-refractivity contribution in [1.29, 1.82) is 0 Å². The van der Waals surface area contributed by atoms with E-state index < -0.39 is 0 Å². The zero-order chi connectivity index (χ0) is 12.1.